The van der Waals surface area contributed by atoms with Crippen LogP contribution < -0.4 is 5.32 Å². The zero-order valence-electron chi connectivity index (χ0n) is 13.8. The average Bonchev–Trinajstić information content (AvgIpc) is 2.97. The zero-order valence-corrected chi connectivity index (χ0v) is 13.8. The molecule has 1 heterocycles. The first kappa shape index (κ1) is 14.7. The second kappa shape index (κ2) is 5.67. The van der Waals surface area contributed by atoms with Gasteiger partial charge in [0.1, 0.15) is 0 Å². The number of hydrogen-bond donors (Lipinski definition) is 1. The summed E-state index contributed by atoms with van der Waals surface area (Å²) in [6.07, 6.45) is 12.7. The molecule has 5 aliphatic rings. The maximum atomic E-state index is 12.3. The van der Waals surface area contributed by atoms with Crippen LogP contribution in [0.1, 0.15) is 58.3 Å². The van der Waals surface area contributed by atoms with Crippen molar-refractivity contribution in [2.24, 2.45) is 23.2 Å². The van der Waals surface area contributed by atoms with E-state index in [0.717, 1.165) is 37.2 Å². The van der Waals surface area contributed by atoms with Gasteiger partial charge in [-0.3, -0.25) is 4.79 Å². The van der Waals surface area contributed by atoms with Gasteiger partial charge in [0, 0.05) is 19.2 Å². The number of hydrogen-bond acceptors (Lipinski definition) is 2. The van der Waals surface area contributed by atoms with Crippen LogP contribution in [0.2, 0.25) is 0 Å². The molecule has 4 saturated carbocycles. The Balaban J connectivity index is 1.39. The number of carbonyl (C=O) groups is 1. The van der Waals surface area contributed by atoms with E-state index in [4.69, 9.17) is 4.74 Å². The lowest BCUT2D eigenvalue weighted by Gasteiger charge is -2.57. The molecular formula is C19H29NO2. The summed E-state index contributed by atoms with van der Waals surface area (Å²) in [6.45, 7) is 3.73. The van der Waals surface area contributed by atoms with E-state index in [1.54, 1.807) is 0 Å². The molecule has 3 heteroatoms. The van der Waals surface area contributed by atoms with Crippen molar-refractivity contribution in [1.29, 1.82) is 0 Å². The van der Waals surface area contributed by atoms with E-state index in [1.165, 1.54) is 44.1 Å². The summed E-state index contributed by atoms with van der Waals surface area (Å²) in [6, 6.07) is 0. The summed E-state index contributed by atoms with van der Waals surface area (Å²) in [7, 11) is 0. The molecule has 1 aliphatic heterocycles. The normalized spacial score (nSPS) is 43.6. The third-order valence-corrected chi connectivity index (χ3v) is 6.75. The number of carbonyl (C=O) groups excluding carboxylic acids is 1. The molecule has 3 nitrogen and oxygen atoms in total. The van der Waals surface area contributed by atoms with E-state index in [2.05, 4.69) is 12.2 Å². The highest BCUT2D eigenvalue weighted by Gasteiger charge is 2.51. The zero-order chi connectivity index (χ0) is 15.2. The molecule has 0 aromatic heterocycles. The Morgan fingerprint density at radius 3 is 2.36 bits per heavy atom. The van der Waals surface area contributed by atoms with Crippen LogP contribution in [0.5, 0.6) is 0 Å². The minimum absolute atomic E-state index is 0.0868. The Morgan fingerprint density at radius 2 is 1.82 bits per heavy atom. The molecule has 4 aliphatic carbocycles. The lowest BCUT2D eigenvalue weighted by molar-refractivity contribution is -0.117. The molecule has 5 fully saturated rings. The summed E-state index contributed by atoms with van der Waals surface area (Å²) in [4.78, 5) is 12.3. The van der Waals surface area contributed by atoms with Gasteiger partial charge in [0.25, 0.3) is 0 Å². The SMILES string of the molecule is C/C(=C\C(=O)NCC1CCCO1)C12CC3CC(CC(C3)C1)C2. The van der Waals surface area contributed by atoms with Gasteiger partial charge in [-0.15, -0.1) is 0 Å². The molecular weight excluding hydrogens is 274 g/mol. The van der Waals surface area contributed by atoms with Crippen LogP contribution in [0.25, 0.3) is 0 Å². The Bertz CT molecular complexity index is 441. The number of rotatable bonds is 4. The molecule has 0 radical (unpaired) electrons. The van der Waals surface area contributed by atoms with Gasteiger partial charge in [-0.05, 0) is 81.5 Å². The highest BCUT2D eigenvalue weighted by Crippen LogP contribution is 2.62. The fourth-order valence-corrected chi connectivity index (χ4v) is 6.01. The summed E-state index contributed by atoms with van der Waals surface area (Å²) >= 11 is 0. The van der Waals surface area contributed by atoms with Gasteiger partial charge in [0.2, 0.25) is 5.91 Å². The molecule has 0 aromatic carbocycles. The van der Waals surface area contributed by atoms with Crippen LogP contribution >= 0.6 is 0 Å². The third-order valence-electron chi connectivity index (χ3n) is 6.75. The molecule has 4 bridgehead atoms. The molecule has 22 heavy (non-hydrogen) atoms. The van der Waals surface area contributed by atoms with Crippen LogP contribution in [-0.2, 0) is 9.53 Å². The monoisotopic (exact) mass is 303 g/mol. The lowest BCUT2D eigenvalue weighted by Crippen LogP contribution is -2.46. The van der Waals surface area contributed by atoms with Crippen molar-refractivity contribution in [3.63, 3.8) is 0 Å². The van der Waals surface area contributed by atoms with E-state index in [1.807, 2.05) is 6.08 Å². The standard InChI is InChI=1S/C19H29NO2/c1-13(5-18(21)20-12-17-3-2-4-22-17)19-9-14-6-15(10-19)8-16(7-14)11-19/h5,14-17H,2-4,6-12H2,1H3,(H,20,21)/b13-5+. The van der Waals surface area contributed by atoms with Crippen LogP contribution in [0, 0.1) is 23.2 Å². The first-order valence-electron chi connectivity index (χ1n) is 9.21. The van der Waals surface area contributed by atoms with Crippen molar-refractivity contribution < 1.29 is 9.53 Å². The van der Waals surface area contributed by atoms with Crippen molar-refractivity contribution in [3.8, 4) is 0 Å². The largest absolute Gasteiger partial charge is 0.376 e. The minimum Gasteiger partial charge on any atom is -0.376 e. The highest BCUT2D eigenvalue weighted by atomic mass is 16.5. The Morgan fingerprint density at radius 1 is 1.18 bits per heavy atom. The number of ether oxygens (including phenoxy) is 1. The van der Waals surface area contributed by atoms with Crippen molar-refractivity contribution in [3.05, 3.63) is 11.6 Å². The van der Waals surface area contributed by atoms with E-state index in [0.29, 0.717) is 12.0 Å². The first-order chi connectivity index (χ1) is 10.6. The quantitative estimate of drug-likeness (QED) is 0.808. The van der Waals surface area contributed by atoms with E-state index in [9.17, 15) is 4.79 Å². The topological polar surface area (TPSA) is 38.3 Å². The maximum Gasteiger partial charge on any atom is 0.244 e. The maximum absolute atomic E-state index is 12.3. The van der Waals surface area contributed by atoms with Crippen molar-refractivity contribution >= 4 is 5.91 Å². The number of amides is 1. The van der Waals surface area contributed by atoms with Crippen LogP contribution in [0.15, 0.2) is 11.6 Å². The summed E-state index contributed by atoms with van der Waals surface area (Å²) < 4.78 is 5.57. The predicted octanol–water partition coefficient (Wildman–Crippen LogP) is 3.44. The molecule has 0 aromatic rings. The Hall–Kier alpha value is -0.830. The van der Waals surface area contributed by atoms with Crippen molar-refractivity contribution in [1.82, 2.24) is 5.32 Å². The van der Waals surface area contributed by atoms with Crippen molar-refractivity contribution in [2.45, 2.75) is 64.4 Å². The lowest BCUT2D eigenvalue weighted by atomic mass is 9.48. The Labute approximate surface area is 133 Å². The van der Waals surface area contributed by atoms with Gasteiger partial charge in [-0.2, -0.15) is 0 Å². The number of allylic oxidation sites excluding steroid dienone is 1. The van der Waals surface area contributed by atoms with E-state index < -0.39 is 0 Å². The van der Waals surface area contributed by atoms with Gasteiger partial charge in [0.15, 0.2) is 0 Å². The summed E-state index contributed by atoms with van der Waals surface area (Å²) in [5.41, 5.74) is 1.70. The van der Waals surface area contributed by atoms with Crippen LogP contribution in [-0.4, -0.2) is 25.2 Å². The summed E-state index contributed by atoms with van der Waals surface area (Å²) in [5.74, 6) is 2.89. The van der Waals surface area contributed by atoms with Gasteiger partial charge < -0.3 is 10.1 Å². The molecule has 0 spiro atoms. The smallest absolute Gasteiger partial charge is 0.244 e. The fourth-order valence-electron chi connectivity index (χ4n) is 6.01. The second-order valence-electron chi connectivity index (χ2n) is 8.41. The van der Waals surface area contributed by atoms with Crippen LogP contribution in [0.4, 0.5) is 0 Å². The highest BCUT2D eigenvalue weighted by molar-refractivity contribution is 5.88. The van der Waals surface area contributed by atoms with Crippen molar-refractivity contribution in [2.75, 3.05) is 13.2 Å². The molecule has 1 saturated heterocycles. The van der Waals surface area contributed by atoms with Gasteiger partial charge >= 0.3 is 0 Å². The first-order valence-corrected chi connectivity index (χ1v) is 9.21. The third kappa shape index (κ3) is 2.73. The molecule has 1 atom stereocenters. The molecule has 1 N–H and O–H groups in total. The van der Waals surface area contributed by atoms with Crippen LogP contribution in [0.3, 0.4) is 0 Å². The van der Waals surface area contributed by atoms with Gasteiger partial charge in [-0.1, -0.05) is 5.57 Å². The Kier molecular flexibility index (Phi) is 3.80. The van der Waals surface area contributed by atoms with E-state index in [-0.39, 0.29) is 12.0 Å². The minimum atomic E-state index is 0.0868. The van der Waals surface area contributed by atoms with E-state index >= 15 is 0 Å². The average molecular weight is 303 g/mol. The molecule has 122 valence electrons. The van der Waals surface area contributed by atoms with Gasteiger partial charge in [-0.25, -0.2) is 0 Å². The molecule has 1 amide bonds. The predicted molar refractivity (Wildman–Crippen MR) is 86.3 cm³/mol. The molecule has 5 rings (SSSR count). The number of nitrogens with one attached hydrogen (secondary N) is 1. The fraction of sp³-hybridized carbons (Fsp3) is 0.842. The molecule has 1 unspecified atom stereocenters. The van der Waals surface area contributed by atoms with Gasteiger partial charge in [0.05, 0.1) is 6.10 Å². The second-order valence-corrected chi connectivity index (χ2v) is 8.41. The summed E-state index contributed by atoms with van der Waals surface area (Å²) in [5, 5.41) is 3.05.